The van der Waals surface area contributed by atoms with E-state index in [4.69, 9.17) is 18.5 Å². The summed E-state index contributed by atoms with van der Waals surface area (Å²) in [4.78, 5) is 35.8. The van der Waals surface area contributed by atoms with Crippen molar-refractivity contribution >= 4 is 19.8 Å². The molecule has 0 aliphatic heterocycles. The molecular weight excluding hydrogens is 1010 g/mol. The van der Waals surface area contributed by atoms with Gasteiger partial charge in [0.2, 0.25) is 0 Å². The number of ether oxygens (including phenoxy) is 2. The molecule has 80 heavy (non-hydrogen) atoms. The number of phosphoric ester groups is 1. The Morgan fingerprint density at radius 2 is 0.713 bits per heavy atom. The highest BCUT2D eigenvalue weighted by Crippen LogP contribution is 2.43. The van der Waals surface area contributed by atoms with Crippen molar-refractivity contribution in [3.63, 3.8) is 0 Å². The molecule has 0 amide bonds. The third-order valence-electron chi connectivity index (χ3n) is 14.7. The predicted molar refractivity (Wildman–Crippen MR) is 344 cm³/mol. The molecule has 0 heterocycles. The van der Waals surface area contributed by atoms with E-state index in [9.17, 15) is 19.0 Å². The molecule has 0 aromatic heterocycles. The lowest BCUT2D eigenvalue weighted by molar-refractivity contribution is -0.870. The zero-order valence-electron chi connectivity index (χ0n) is 53.1. The van der Waals surface area contributed by atoms with Gasteiger partial charge in [-0.1, -0.05) is 286 Å². The molecule has 0 aromatic carbocycles. The van der Waals surface area contributed by atoms with Crippen LogP contribution < -0.4 is 0 Å². The highest BCUT2D eigenvalue weighted by molar-refractivity contribution is 7.47. The lowest BCUT2D eigenvalue weighted by Crippen LogP contribution is -2.37. The average Bonchev–Trinajstić information content (AvgIpc) is 3.42. The standard InChI is InChI=1S/C70H128NO8P/c1-6-8-10-12-14-16-18-20-22-24-26-28-30-31-32-33-34-35-36-37-38-39-41-43-45-47-49-51-53-55-57-59-61-63-70(73)79-68(67-78-80(74,75)77-65-64-71(3,4)5)66-76-69(72)62-60-58-56-54-52-50-48-46-44-42-40-29-27-25-23-21-19-17-15-13-11-9-7-2/h8,10,14,16,20,22,25-28,31-32,68H,6-7,9,11-13,15,17-19,21,23-24,29-30,33-67H2,1-5H3/p+1/b10-8-,16-14-,22-20-,27-25-,28-26-,32-31-. The van der Waals surface area contributed by atoms with Crippen LogP contribution in [0.4, 0.5) is 0 Å². The van der Waals surface area contributed by atoms with Crippen LogP contribution in [0.5, 0.6) is 0 Å². The number of esters is 2. The first-order valence-corrected chi connectivity index (χ1v) is 35.2. The summed E-state index contributed by atoms with van der Waals surface area (Å²) in [5.41, 5.74) is 0. The minimum atomic E-state index is -4.39. The first kappa shape index (κ1) is 77.5. The van der Waals surface area contributed by atoms with E-state index in [1.807, 2.05) is 21.1 Å². The van der Waals surface area contributed by atoms with Gasteiger partial charge in [0.25, 0.3) is 0 Å². The van der Waals surface area contributed by atoms with Crippen molar-refractivity contribution in [2.75, 3.05) is 47.5 Å². The van der Waals surface area contributed by atoms with Crippen LogP contribution in [-0.4, -0.2) is 74.9 Å². The summed E-state index contributed by atoms with van der Waals surface area (Å²) in [6, 6.07) is 0. The molecule has 0 aliphatic rings. The molecule has 0 rings (SSSR count). The number of carbonyl (C=O) groups is 2. The number of carbonyl (C=O) groups excluding carboxylic acids is 2. The highest BCUT2D eigenvalue weighted by atomic mass is 31.2. The summed E-state index contributed by atoms with van der Waals surface area (Å²) < 4.78 is 34.7. The number of nitrogens with zero attached hydrogens (tertiary/aromatic N) is 1. The van der Waals surface area contributed by atoms with Gasteiger partial charge in [0.05, 0.1) is 27.7 Å². The Kier molecular flexibility index (Phi) is 59.1. The summed E-state index contributed by atoms with van der Waals surface area (Å²) in [5.74, 6) is -0.786. The molecule has 2 atom stereocenters. The number of hydrogen-bond donors (Lipinski definition) is 1. The molecule has 0 saturated carbocycles. The van der Waals surface area contributed by atoms with Crippen molar-refractivity contribution in [1.82, 2.24) is 0 Å². The lowest BCUT2D eigenvalue weighted by Gasteiger charge is -2.24. The SMILES string of the molecule is CC/C=C\C/C=C\C/C=C\C/C=C\C/C=C\CCCCCCCCCCCCCCCCCCCC(=O)OC(COC(=O)CCCCCCCCCCCCC/C=C\CCCCCCCCCC)COP(=O)(O)OCC[N+](C)(C)C. The minimum Gasteiger partial charge on any atom is -0.462 e. The summed E-state index contributed by atoms with van der Waals surface area (Å²) >= 11 is 0. The number of unbranched alkanes of at least 4 members (excludes halogenated alkanes) is 36. The number of likely N-dealkylation sites (N-methyl/N-ethyl adjacent to an activating group) is 1. The maximum absolute atomic E-state index is 12.9. The van der Waals surface area contributed by atoms with Crippen LogP contribution in [0.1, 0.15) is 309 Å². The van der Waals surface area contributed by atoms with Crippen molar-refractivity contribution in [2.24, 2.45) is 0 Å². The monoisotopic (exact) mass is 1140 g/mol. The fourth-order valence-electron chi connectivity index (χ4n) is 9.57. The van der Waals surface area contributed by atoms with Crippen molar-refractivity contribution in [2.45, 2.75) is 315 Å². The second-order valence-corrected chi connectivity index (χ2v) is 25.3. The molecule has 0 fully saturated rings. The van der Waals surface area contributed by atoms with Crippen LogP contribution in [0.25, 0.3) is 0 Å². The van der Waals surface area contributed by atoms with Crippen LogP contribution in [0, 0.1) is 0 Å². The van der Waals surface area contributed by atoms with E-state index >= 15 is 0 Å². The van der Waals surface area contributed by atoms with Crippen LogP contribution in [0.3, 0.4) is 0 Å². The van der Waals surface area contributed by atoms with Gasteiger partial charge in [0.1, 0.15) is 19.8 Å². The minimum absolute atomic E-state index is 0.0315. The van der Waals surface area contributed by atoms with E-state index in [0.717, 1.165) is 64.2 Å². The first-order chi connectivity index (χ1) is 39.0. The molecular formula is C70H129NO8P+. The number of rotatable bonds is 62. The molecule has 0 spiro atoms. The zero-order valence-corrected chi connectivity index (χ0v) is 54.0. The van der Waals surface area contributed by atoms with E-state index < -0.39 is 26.5 Å². The molecule has 466 valence electrons. The van der Waals surface area contributed by atoms with Crippen LogP contribution in [-0.2, 0) is 32.7 Å². The first-order valence-electron chi connectivity index (χ1n) is 33.7. The van der Waals surface area contributed by atoms with Gasteiger partial charge in [0.15, 0.2) is 6.10 Å². The average molecular weight is 1140 g/mol. The van der Waals surface area contributed by atoms with Gasteiger partial charge in [-0.2, -0.15) is 0 Å². The van der Waals surface area contributed by atoms with E-state index in [-0.39, 0.29) is 32.0 Å². The summed E-state index contributed by atoms with van der Waals surface area (Å²) in [7, 11) is 1.49. The number of phosphoric acid groups is 1. The number of hydrogen-bond acceptors (Lipinski definition) is 7. The number of quaternary nitrogens is 1. The smallest absolute Gasteiger partial charge is 0.462 e. The van der Waals surface area contributed by atoms with Gasteiger partial charge in [-0.25, -0.2) is 4.57 Å². The van der Waals surface area contributed by atoms with Gasteiger partial charge in [0, 0.05) is 12.8 Å². The molecule has 10 heteroatoms. The molecule has 9 nitrogen and oxygen atoms in total. The Bertz CT molecular complexity index is 1580. The van der Waals surface area contributed by atoms with Gasteiger partial charge in [-0.3, -0.25) is 18.6 Å². The van der Waals surface area contributed by atoms with Crippen molar-refractivity contribution < 1.29 is 42.1 Å². The summed E-state index contributed by atoms with van der Waals surface area (Å²) in [5, 5.41) is 0. The molecule has 0 aromatic rings. The predicted octanol–water partition coefficient (Wildman–Crippen LogP) is 21.6. The highest BCUT2D eigenvalue weighted by Gasteiger charge is 2.27. The Balaban J connectivity index is 4.04. The second kappa shape index (κ2) is 61.0. The van der Waals surface area contributed by atoms with E-state index in [2.05, 4.69) is 86.8 Å². The molecule has 0 saturated heterocycles. The van der Waals surface area contributed by atoms with Crippen LogP contribution >= 0.6 is 7.82 Å². The van der Waals surface area contributed by atoms with Crippen molar-refractivity contribution in [1.29, 1.82) is 0 Å². The molecule has 1 N–H and O–H groups in total. The Hall–Kier alpha value is -2.55. The van der Waals surface area contributed by atoms with E-state index in [0.29, 0.717) is 17.4 Å². The molecule has 0 radical (unpaired) electrons. The van der Waals surface area contributed by atoms with Gasteiger partial charge < -0.3 is 18.9 Å². The normalized spacial score (nSPS) is 13.6. The van der Waals surface area contributed by atoms with Crippen molar-refractivity contribution in [3.8, 4) is 0 Å². The fraction of sp³-hybridized carbons (Fsp3) is 0.800. The topological polar surface area (TPSA) is 108 Å². The third kappa shape index (κ3) is 64.6. The van der Waals surface area contributed by atoms with E-state index in [1.54, 1.807) is 0 Å². The Morgan fingerprint density at radius 3 is 1.07 bits per heavy atom. The summed E-state index contributed by atoms with van der Waals surface area (Å²) in [6.45, 7) is 4.36. The quantitative estimate of drug-likeness (QED) is 0.0211. The number of allylic oxidation sites excluding steroid dienone is 12. The van der Waals surface area contributed by atoms with Crippen LogP contribution in [0.2, 0.25) is 0 Å². The van der Waals surface area contributed by atoms with Crippen molar-refractivity contribution in [3.05, 3.63) is 72.9 Å². The Labute approximate surface area is 495 Å². The van der Waals surface area contributed by atoms with Gasteiger partial charge >= 0.3 is 19.8 Å². The Morgan fingerprint density at radius 1 is 0.400 bits per heavy atom. The fourth-order valence-corrected chi connectivity index (χ4v) is 10.3. The third-order valence-corrected chi connectivity index (χ3v) is 15.7. The molecule has 0 aliphatic carbocycles. The maximum Gasteiger partial charge on any atom is 0.472 e. The largest absolute Gasteiger partial charge is 0.472 e. The second-order valence-electron chi connectivity index (χ2n) is 23.8. The van der Waals surface area contributed by atoms with Crippen LogP contribution in [0.15, 0.2) is 72.9 Å². The van der Waals surface area contributed by atoms with Gasteiger partial charge in [-0.15, -0.1) is 0 Å². The maximum atomic E-state index is 12.9. The summed E-state index contributed by atoms with van der Waals surface area (Å²) in [6.07, 6.45) is 81.4. The molecule has 0 bridgehead atoms. The van der Waals surface area contributed by atoms with E-state index in [1.165, 1.54) is 212 Å². The zero-order chi connectivity index (χ0) is 58.4. The van der Waals surface area contributed by atoms with Gasteiger partial charge in [-0.05, 0) is 83.5 Å². The molecule has 2 unspecified atom stereocenters. The lowest BCUT2D eigenvalue weighted by atomic mass is 10.0.